The SMILES string of the molecule is Cc1cccc(C(=O)NCC2CCC(Cl)C2)c1C. The van der Waals surface area contributed by atoms with Gasteiger partial charge in [0, 0.05) is 17.5 Å². The topological polar surface area (TPSA) is 29.1 Å². The van der Waals surface area contributed by atoms with Crippen molar-refractivity contribution >= 4 is 17.5 Å². The molecular weight excluding hydrogens is 246 g/mol. The quantitative estimate of drug-likeness (QED) is 0.834. The van der Waals surface area contributed by atoms with Crippen LogP contribution in [0.1, 0.15) is 40.7 Å². The van der Waals surface area contributed by atoms with Crippen molar-refractivity contribution in [2.45, 2.75) is 38.5 Å². The van der Waals surface area contributed by atoms with Gasteiger partial charge in [-0.15, -0.1) is 11.6 Å². The zero-order chi connectivity index (χ0) is 13.1. The Bertz CT molecular complexity index is 444. The second kappa shape index (κ2) is 5.75. The highest BCUT2D eigenvalue weighted by atomic mass is 35.5. The molecule has 1 fully saturated rings. The Balaban J connectivity index is 1.94. The van der Waals surface area contributed by atoms with E-state index in [1.165, 1.54) is 0 Å². The van der Waals surface area contributed by atoms with E-state index in [4.69, 9.17) is 11.6 Å². The molecule has 1 aromatic carbocycles. The van der Waals surface area contributed by atoms with Gasteiger partial charge in [-0.1, -0.05) is 12.1 Å². The lowest BCUT2D eigenvalue weighted by Crippen LogP contribution is -2.29. The zero-order valence-corrected chi connectivity index (χ0v) is 11.8. The summed E-state index contributed by atoms with van der Waals surface area (Å²) in [6, 6.07) is 5.85. The molecule has 1 aliphatic rings. The Morgan fingerprint density at radius 2 is 2.17 bits per heavy atom. The molecule has 1 aromatic rings. The lowest BCUT2D eigenvalue weighted by Gasteiger charge is -2.13. The fourth-order valence-corrected chi connectivity index (χ4v) is 2.91. The number of aryl methyl sites for hydroxylation is 1. The Morgan fingerprint density at radius 1 is 1.39 bits per heavy atom. The maximum absolute atomic E-state index is 12.1. The van der Waals surface area contributed by atoms with Crippen LogP contribution in [0.4, 0.5) is 0 Å². The Morgan fingerprint density at radius 3 is 2.83 bits per heavy atom. The third-order valence-electron chi connectivity index (χ3n) is 3.88. The number of amides is 1. The van der Waals surface area contributed by atoms with Gasteiger partial charge in [-0.25, -0.2) is 0 Å². The van der Waals surface area contributed by atoms with Crippen LogP contribution in [0.5, 0.6) is 0 Å². The summed E-state index contributed by atoms with van der Waals surface area (Å²) >= 11 is 6.07. The number of alkyl halides is 1. The van der Waals surface area contributed by atoms with E-state index in [2.05, 4.69) is 5.32 Å². The van der Waals surface area contributed by atoms with Crippen LogP contribution < -0.4 is 5.32 Å². The number of hydrogen-bond donors (Lipinski definition) is 1. The molecule has 2 rings (SSSR count). The summed E-state index contributed by atoms with van der Waals surface area (Å²) < 4.78 is 0. The van der Waals surface area contributed by atoms with Crippen molar-refractivity contribution in [3.8, 4) is 0 Å². The minimum absolute atomic E-state index is 0.0363. The normalized spacial score (nSPS) is 23.1. The second-order valence-electron chi connectivity index (χ2n) is 5.23. The number of benzene rings is 1. The maximum atomic E-state index is 12.1. The van der Waals surface area contributed by atoms with Crippen LogP contribution in [0.3, 0.4) is 0 Å². The van der Waals surface area contributed by atoms with Gasteiger partial charge in [-0.2, -0.15) is 0 Å². The highest BCUT2D eigenvalue weighted by Crippen LogP contribution is 2.28. The van der Waals surface area contributed by atoms with Crippen molar-refractivity contribution in [2.75, 3.05) is 6.54 Å². The monoisotopic (exact) mass is 265 g/mol. The lowest BCUT2D eigenvalue weighted by atomic mass is 10.0. The molecule has 1 aliphatic carbocycles. The van der Waals surface area contributed by atoms with Crippen molar-refractivity contribution in [3.63, 3.8) is 0 Å². The fraction of sp³-hybridized carbons (Fsp3) is 0.533. The summed E-state index contributed by atoms with van der Waals surface area (Å²) in [6.45, 7) is 4.77. The maximum Gasteiger partial charge on any atom is 0.251 e. The second-order valence-corrected chi connectivity index (χ2v) is 5.85. The molecular formula is C15H20ClNO. The van der Waals surface area contributed by atoms with Crippen molar-refractivity contribution in [1.29, 1.82) is 0 Å². The first-order chi connectivity index (χ1) is 8.58. The third-order valence-corrected chi connectivity index (χ3v) is 4.27. The average Bonchev–Trinajstić information content (AvgIpc) is 2.76. The minimum Gasteiger partial charge on any atom is -0.352 e. The molecule has 1 amide bonds. The molecule has 0 saturated heterocycles. The molecule has 2 unspecified atom stereocenters. The summed E-state index contributed by atoms with van der Waals surface area (Å²) in [4.78, 5) is 12.1. The van der Waals surface area contributed by atoms with E-state index in [-0.39, 0.29) is 5.91 Å². The van der Waals surface area contributed by atoms with E-state index in [1.54, 1.807) is 0 Å². The standard InChI is InChI=1S/C15H20ClNO/c1-10-4-3-5-14(11(10)2)15(18)17-9-12-6-7-13(16)8-12/h3-5,12-13H,6-9H2,1-2H3,(H,17,18). The summed E-state index contributed by atoms with van der Waals surface area (Å²) in [5, 5.41) is 3.33. The lowest BCUT2D eigenvalue weighted by molar-refractivity contribution is 0.0946. The Labute approximate surface area is 114 Å². The molecule has 0 aliphatic heterocycles. The summed E-state index contributed by atoms with van der Waals surface area (Å²) in [7, 11) is 0. The molecule has 0 aromatic heterocycles. The van der Waals surface area contributed by atoms with Crippen molar-refractivity contribution in [1.82, 2.24) is 5.32 Å². The molecule has 0 spiro atoms. The van der Waals surface area contributed by atoms with Crippen molar-refractivity contribution in [2.24, 2.45) is 5.92 Å². The van der Waals surface area contributed by atoms with Crippen LogP contribution in [0.2, 0.25) is 0 Å². The van der Waals surface area contributed by atoms with Crippen molar-refractivity contribution in [3.05, 3.63) is 34.9 Å². The number of nitrogens with one attached hydrogen (secondary N) is 1. The molecule has 2 atom stereocenters. The zero-order valence-electron chi connectivity index (χ0n) is 11.0. The first-order valence-corrected chi connectivity index (χ1v) is 7.00. The van der Waals surface area contributed by atoms with Gasteiger partial charge < -0.3 is 5.32 Å². The Kier molecular flexibility index (Phi) is 4.28. The molecule has 0 bridgehead atoms. The highest BCUT2D eigenvalue weighted by Gasteiger charge is 2.23. The van der Waals surface area contributed by atoms with Crippen LogP contribution in [0.15, 0.2) is 18.2 Å². The van der Waals surface area contributed by atoms with Gasteiger partial charge in [-0.3, -0.25) is 4.79 Å². The van der Waals surface area contributed by atoms with Crippen LogP contribution in [0, 0.1) is 19.8 Å². The van der Waals surface area contributed by atoms with Gasteiger partial charge in [0.25, 0.3) is 5.91 Å². The number of halogens is 1. The number of carbonyl (C=O) groups is 1. The average molecular weight is 266 g/mol. The van der Waals surface area contributed by atoms with Gasteiger partial charge in [0.05, 0.1) is 0 Å². The smallest absolute Gasteiger partial charge is 0.251 e. The summed E-state index contributed by atoms with van der Waals surface area (Å²) in [6.07, 6.45) is 3.22. The first-order valence-electron chi connectivity index (χ1n) is 6.56. The summed E-state index contributed by atoms with van der Waals surface area (Å²) in [5.74, 6) is 0.579. The number of rotatable bonds is 3. The minimum atomic E-state index is 0.0363. The van der Waals surface area contributed by atoms with Crippen LogP contribution >= 0.6 is 11.6 Å². The largest absolute Gasteiger partial charge is 0.352 e. The van der Waals surface area contributed by atoms with Gasteiger partial charge in [0.15, 0.2) is 0 Å². The fourth-order valence-electron chi connectivity index (χ4n) is 2.53. The Hall–Kier alpha value is -1.02. The van der Waals surface area contributed by atoms with E-state index in [1.807, 2.05) is 32.0 Å². The van der Waals surface area contributed by atoms with Gasteiger partial charge in [0.2, 0.25) is 0 Å². The van der Waals surface area contributed by atoms with Crippen LogP contribution in [-0.4, -0.2) is 17.8 Å². The van der Waals surface area contributed by atoms with Gasteiger partial charge in [-0.05, 0) is 56.2 Å². The molecule has 3 heteroatoms. The van der Waals surface area contributed by atoms with E-state index in [0.717, 1.165) is 42.5 Å². The first kappa shape index (κ1) is 13.4. The molecule has 18 heavy (non-hydrogen) atoms. The number of carbonyl (C=O) groups excluding carboxylic acids is 1. The van der Waals surface area contributed by atoms with Crippen molar-refractivity contribution < 1.29 is 4.79 Å². The van der Waals surface area contributed by atoms with E-state index >= 15 is 0 Å². The van der Waals surface area contributed by atoms with Gasteiger partial charge in [0.1, 0.15) is 0 Å². The van der Waals surface area contributed by atoms with Gasteiger partial charge >= 0.3 is 0 Å². The van der Waals surface area contributed by atoms with E-state index in [9.17, 15) is 4.79 Å². The van der Waals surface area contributed by atoms with E-state index < -0.39 is 0 Å². The highest BCUT2D eigenvalue weighted by molar-refractivity contribution is 6.20. The molecule has 0 radical (unpaired) electrons. The van der Waals surface area contributed by atoms with E-state index in [0.29, 0.717) is 11.3 Å². The van der Waals surface area contributed by atoms with Crippen LogP contribution in [0.25, 0.3) is 0 Å². The number of hydrogen-bond acceptors (Lipinski definition) is 1. The third kappa shape index (κ3) is 3.05. The molecule has 1 saturated carbocycles. The predicted octanol–water partition coefficient (Wildman–Crippen LogP) is 3.44. The summed E-state index contributed by atoms with van der Waals surface area (Å²) in [5.41, 5.74) is 3.01. The molecule has 1 N–H and O–H groups in total. The molecule has 2 nitrogen and oxygen atoms in total. The molecule has 0 heterocycles. The predicted molar refractivity (Wildman–Crippen MR) is 75.2 cm³/mol. The van der Waals surface area contributed by atoms with Crippen LogP contribution in [-0.2, 0) is 0 Å². The molecule has 98 valence electrons.